The molecule has 3 heterocycles. The van der Waals surface area contributed by atoms with Gasteiger partial charge in [0.15, 0.2) is 0 Å². The van der Waals surface area contributed by atoms with Gasteiger partial charge in [0.1, 0.15) is 23.8 Å². The average molecular weight is 615 g/mol. The number of aromatic nitrogens is 1. The Morgan fingerprint density at radius 3 is 2.61 bits per heavy atom. The lowest BCUT2D eigenvalue weighted by Gasteiger charge is -2.55. The first-order valence-electron chi connectivity index (χ1n) is 14.2. The van der Waals surface area contributed by atoms with Gasteiger partial charge in [-0.2, -0.15) is 0 Å². The second kappa shape index (κ2) is 12.4. The molecular formula is C32H31FN6O4S. The number of phenols is 1. The van der Waals surface area contributed by atoms with E-state index in [1.165, 1.54) is 44.3 Å². The quantitative estimate of drug-likeness (QED) is 0.292. The highest BCUT2D eigenvalue weighted by Crippen LogP contribution is 2.31. The van der Waals surface area contributed by atoms with Crippen LogP contribution in [0.4, 0.5) is 9.18 Å². The standard InChI is InChI=1S/C32H31FN6O4S/c1-2-14-37-19-29(41)38-26(15-21-8-10-23(40)11-9-21)31(42)36(17-24-25(33)12-13-27-30(24)35-20-44-27)18-28(38)39(37)32(43)34-16-22-6-4-3-5-7-22/h2-13,20,26,28,40H,1,14-19H2,(H,34,43)/t26-,28-/m0/s1. The number of carbonyl (C=O) groups excluding carboxylic acids is 3. The van der Waals surface area contributed by atoms with E-state index in [0.29, 0.717) is 5.52 Å². The molecule has 0 aliphatic carbocycles. The molecule has 0 bridgehead atoms. The summed E-state index contributed by atoms with van der Waals surface area (Å²) in [7, 11) is 0. The molecule has 2 fully saturated rings. The molecule has 2 aliphatic heterocycles. The van der Waals surface area contributed by atoms with Gasteiger partial charge >= 0.3 is 6.03 Å². The molecule has 1 aromatic heterocycles. The number of hydrogen-bond donors (Lipinski definition) is 2. The van der Waals surface area contributed by atoms with E-state index in [1.807, 2.05) is 30.3 Å². The summed E-state index contributed by atoms with van der Waals surface area (Å²) in [4.78, 5) is 49.1. The van der Waals surface area contributed by atoms with Crippen molar-refractivity contribution in [3.63, 3.8) is 0 Å². The van der Waals surface area contributed by atoms with Gasteiger partial charge in [-0.1, -0.05) is 48.5 Å². The Labute approximate surface area is 257 Å². The number of phenolic OH excluding ortho intramolecular Hbond substituents is 1. The summed E-state index contributed by atoms with van der Waals surface area (Å²) in [5.74, 6) is -1.09. The minimum atomic E-state index is -0.973. The van der Waals surface area contributed by atoms with Gasteiger partial charge in [0, 0.05) is 25.1 Å². The van der Waals surface area contributed by atoms with Crippen molar-refractivity contribution < 1.29 is 23.9 Å². The van der Waals surface area contributed by atoms with Crippen molar-refractivity contribution in [3.8, 4) is 5.75 Å². The second-order valence-electron chi connectivity index (χ2n) is 10.7. The molecule has 12 heteroatoms. The summed E-state index contributed by atoms with van der Waals surface area (Å²) in [6, 6.07) is 17.5. The van der Waals surface area contributed by atoms with Crippen molar-refractivity contribution >= 4 is 39.4 Å². The van der Waals surface area contributed by atoms with Gasteiger partial charge in [-0.05, 0) is 35.4 Å². The number of hydrogen-bond acceptors (Lipinski definition) is 7. The predicted molar refractivity (Wildman–Crippen MR) is 164 cm³/mol. The molecule has 2 N–H and O–H groups in total. The lowest BCUT2D eigenvalue weighted by atomic mass is 9.98. The Balaban J connectivity index is 1.38. The van der Waals surface area contributed by atoms with Crippen LogP contribution in [0.15, 0.2) is 84.9 Å². The molecule has 4 amide bonds. The molecule has 10 nitrogen and oxygen atoms in total. The predicted octanol–water partition coefficient (Wildman–Crippen LogP) is 3.88. The highest BCUT2D eigenvalue weighted by atomic mass is 32.1. The fourth-order valence-corrected chi connectivity index (χ4v) is 6.56. The van der Waals surface area contributed by atoms with Crippen LogP contribution < -0.4 is 5.32 Å². The van der Waals surface area contributed by atoms with E-state index in [-0.39, 0.29) is 62.3 Å². The second-order valence-corrected chi connectivity index (χ2v) is 11.6. The number of thiazole rings is 1. The Hall–Kier alpha value is -4.81. The van der Waals surface area contributed by atoms with E-state index in [1.54, 1.807) is 34.8 Å². The van der Waals surface area contributed by atoms with Gasteiger partial charge in [-0.25, -0.2) is 24.2 Å². The SMILES string of the molecule is C=CCN1CC(=O)N2[C@@H](Cc3ccc(O)cc3)C(=O)N(Cc3c(F)ccc4scnc34)C[C@@H]2N1C(=O)NCc1ccccc1. The summed E-state index contributed by atoms with van der Waals surface area (Å²) >= 11 is 1.38. The Kier molecular flexibility index (Phi) is 8.27. The highest BCUT2D eigenvalue weighted by molar-refractivity contribution is 7.16. The van der Waals surface area contributed by atoms with Gasteiger partial charge in [0.2, 0.25) is 11.8 Å². The Bertz CT molecular complexity index is 1700. The van der Waals surface area contributed by atoms with Crippen LogP contribution in [0.2, 0.25) is 0 Å². The van der Waals surface area contributed by atoms with Crippen LogP contribution in [-0.2, 0) is 29.1 Å². The number of urea groups is 1. The van der Waals surface area contributed by atoms with E-state index in [9.17, 15) is 19.5 Å². The molecule has 0 spiro atoms. The zero-order valence-corrected chi connectivity index (χ0v) is 24.6. The Morgan fingerprint density at radius 1 is 1.09 bits per heavy atom. The summed E-state index contributed by atoms with van der Waals surface area (Å²) in [5, 5.41) is 15.9. The number of nitrogens with one attached hydrogen (secondary N) is 1. The van der Waals surface area contributed by atoms with Crippen molar-refractivity contribution in [1.29, 1.82) is 0 Å². The van der Waals surface area contributed by atoms with Crippen LogP contribution in [0, 0.1) is 5.82 Å². The van der Waals surface area contributed by atoms with Gasteiger partial charge in [-0.3, -0.25) is 9.59 Å². The van der Waals surface area contributed by atoms with Gasteiger partial charge in [-0.15, -0.1) is 17.9 Å². The summed E-state index contributed by atoms with van der Waals surface area (Å²) in [6.45, 7) is 4.03. The smallest absolute Gasteiger partial charge is 0.334 e. The number of aromatic hydroxyl groups is 1. The van der Waals surface area contributed by atoms with E-state index >= 15 is 4.39 Å². The van der Waals surface area contributed by atoms with Gasteiger partial charge < -0.3 is 20.2 Å². The van der Waals surface area contributed by atoms with Gasteiger partial charge in [0.25, 0.3) is 0 Å². The molecule has 2 atom stereocenters. The molecule has 0 unspecified atom stereocenters. The molecule has 226 valence electrons. The number of nitrogens with zero attached hydrogens (tertiary/aromatic N) is 5. The third-order valence-corrected chi connectivity index (χ3v) is 8.72. The monoisotopic (exact) mass is 614 g/mol. The van der Waals surface area contributed by atoms with Crippen molar-refractivity contribution in [1.82, 2.24) is 30.1 Å². The number of benzene rings is 3. The number of carbonyl (C=O) groups is 3. The first-order chi connectivity index (χ1) is 21.3. The molecule has 2 saturated heterocycles. The van der Waals surface area contributed by atoms with Crippen LogP contribution >= 0.6 is 11.3 Å². The highest BCUT2D eigenvalue weighted by Gasteiger charge is 2.51. The van der Waals surface area contributed by atoms with Crippen LogP contribution in [0.3, 0.4) is 0 Å². The maximum Gasteiger partial charge on any atom is 0.334 e. The molecule has 4 aromatic rings. The van der Waals surface area contributed by atoms with E-state index < -0.39 is 24.1 Å². The zero-order valence-electron chi connectivity index (χ0n) is 23.8. The van der Waals surface area contributed by atoms with E-state index in [0.717, 1.165) is 15.8 Å². The number of halogens is 1. The number of amides is 4. The topological polar surface area (TPSA) is 109 Å². The van der Waals surface area contributed by atoms with Crippen molar-refractivity contribution in [2.75, 3.05) is 19.6 Å². The molecule has 0 radical (unpaired) electrons. The van der Waals surface area contributed by atoms with Crippen LogP contribution in [0.5, 0.6) is 5.75 Å². The number of piperazine rings is 1. The van der Waals surface area contributed by atoms with Crippen molar-refractivity contribution in [2.24, 2.45) is 0 Å². The zero-order chi connectivity index (χ0) is 30.8. The largest absolute Gasteiger partial charge is 0.508 e. The minimum Gasteiger partial charge on any atom is -0.508 e. The molecule has 0 saturated carbocycles. The van der Waals surface area contributed by atoms with Crippen molar-refractivity contribution in [3.05, 3.63) is 107 Å². The van der Waals surface area contributed by atoms with Crippen LogP contribution in [-0.4, -0.2) is 79.6 Å². The summed E-state index contributed by atoms with van der Waals surface area (Å²) < 4.78 is 16.0. The molecule has 2 aliphatic rings. The third kappa shape index (κ3) is 5.73. The van der Waals surface area contributed by atoms with E-state index in [4.69, 9.17) is 0 Å². The summed E-state index contributed by atoms with van der Waals surface area (Å²) in [6.07, 6.45) is 0.880. The molecule has 44 heavy (non-hydrogen) atoms. The first kappa shape index (κ1) is 29.3. The molecule has 3 aromatic carbocycles. The van der Waals surface area contributed by atoms with Crippen molar-refractivity contribution in [2.45, 2.75) is 31.7 Å². The first-order valence-corrected chi connectivity index (χ1v) is 15.1. The van der Waals surface area contributed by atoms with E-state index in [2.05, 4.69) is 16.9 Å². The average Bonchev–Trinajstić information content (AvgIpc) is 3.50. The Morgan fingerprint density at radius 2 is 1.86 bits per heavy atom. The summed E-state index contributed by atoms with van der Waals surface area (Å²) in [5.41, 5.74) is 4.01. The number of hydrazine groups is 1. The third-order valence-electron chi connectivity index (χ3n) is 7.93. The maximum atomic E-state index is 15.2. The van der Waals surface area contributed by atoms with Gasteiger partial charge in [0.05, 0.1) is 35.4 Å². The number of rotatable bonds is 8. The number of fused-ring (bicyclic) bond motifs is 2. The molecular weight excluding hydrogens is 583 g/mol. The minimum absolute atomic E-state index is 0.0387. The maximum absolute atomic E-state index is 15.2. The van der Waals surface area contributed by atoms with Crippen LogP contribution in [0.1, 0.15) is 16.7 Å². The fraction of sp³-hybridized carbons (Fsp3) is 0.250. The normalized spacial score (nSPS) is 18.9. The van der Waals surface area contributed by atoms with Crippen LogP contribution in [0.25, 0.3) is 10.2 Å². The fourth-order valence-electron chi connectivity index (χ4n) is 5.86. The lowest BCUT2D eigenvalue weighted by Crippen LogP contribution is -2.76. The molecule has 6 rings (SSSR count). The lowest BCUT2D eigenvalue weighted by molar-refractivity contribution is -0.189.